The maximum absolute atomic E-state index is 11.9. The van der Waals surface area contributed by atoms with E-state index in [2.05, 4.69) is 10.4 Å². The van der Waals surface area contributed by atoms with Gasteiger partial charge in [0.05, 0.1) is 39.8 Å². The van der Waals surface area contributed by atoms with E-state index in [4.69, 9.17) is 19.2 Å². The molecule has 0 saturated heterocycles. The van der Waals surface area contributed by atoms with Crippen molar-refractivity contribution in [1.82, 2.24) is 4.68 Å². The average molecular weight is 530 g/mol. The summed E-state index contributed by atoms with van der Waals surface area (Å²) in [6.07, 6.45) is 1.40. The number of amides is 1. The Morgan fingerprint density at radius 2 is 1.89 bits per heavy atom. The number of para-hydroxylation sites is 1. The Bertz CT molecular complexity index is 1710. The third-order valence-electron chi connectivity index (χ3n) is 5.96. The summed E-state index contributed by atoms with van der Waals surface area (Å²) in [5.74, 6) is 1.05. The number of carbonyl (C=O) groups excluding carboxylic acids is 1. The summed E-state index contributed by atoms with van der Waals surface area (Å²) in [4.78, 5) is 28.5. The molecule has 1 aromatic heterocycles. The van der Waals surface area contributed by atoms with Gasteiger partial charge in [0.2, 0.25) is 11.6 Å². The number of nitrogens with one attached hydrogen (secondary N) is 1. The molecule has 0 atom stereocenters. The Morgan fingerprint density at radius 3 is 2.71 bits per heavy atom. The van der Waals surface area contributed by atoms with E-state index in [1.807, 2.05) is 42.6 Å². The first-order chi connectivity index (χ1) is 18.5. The van der Waals surface area contributed by atoms with Crippen LogP contribution >= 0.6 is 11.3 Å². The van der Waals surface area contributed by atoms with Gasteiger partial charge in [0.1, 0.15) is 5.75 Å². The number of aryl methyl sites for hydroxylation is 1. The van der Waals surface area contributed by atoms with Crippen LogP contribution in [0.3, 0.4) is 0 Å². The van der Waals surface area contributed by atoms with Crippen molar-refractivity contribution in [2.24, 2.45) is 10.1 Å². The topological polar surface area (TPSA) is 130 Å². The van der Waals surface area contributed by atoms with Crippen LogP contribution in [0.2, 0.25) is 0 Å². The number of rotatable bonds is 5. The lowest BCUT2D eigenvalue weighted by molar-refractivity contribution is -0.385. The lowest BCUT2D eigenvalue weighted by Gasteiger charge is -2.18. The van der Waals surface area contributed by atoms with Crippen LogP contribution < -0.4 is 24.3 Å². The van der Waals surface area contributed by atoms with E-state index in [0.717, 1.165) is 16.8 Å². The molecule has 0 bridgehead atoms. The van der Waals surface area contributed by atoms with E-state index >= 15 is 0 Å². The fourth-order valence-corrected chi connectivity index (χ4v) is 4.90. The molecule has 0 spiro atoms. The molecule has 12 heteroatoms. The molecule has 3 aromatic carbocycles. The summed E-state index contributed by atoms with van der Waals surface area (Å²) in [5, 5.41) is 21.1. The number of anilines is 1. The standard InChI is InChI=1S/C26H19N5O6S/c1-15-4-2-3-5-18(15)29-26-30(27-11-17-9-23-24(37-14-36-23)10-20(17)31(33)34)21(13-38-26)16-6-7-22-19(8-16)28-25(32)12-35-22/h2-11,13H,12,14H2,1H3,(H,28,32). The summed E-state index contributed by atoms with van der Waals surface area (Å²) < 4.78 is 17.8. The zero-order valence-electron chi connectivity index (χ0n) is 19.9. The number of nitrogens with zero attached hydrogens (tertiary/aromatic N) is 4. The summed E-state index contributed by atoms with van der Waals surface area (Å²) in [6, 6.07) is 16.0. The highest BCUT2D eigenvalue weighted by Gasteiger charge is 2.23. The molecule has 0 saturated carbocycles. The second kappa shape index (κ2) is 9.48. The largest absolute Gasteiger partial charge is 0.482 e. The van der Waals surface area contributed by atoms with E-state index in [0.29, 0.717) is 33.4 Å². The zero-order chi connectivity index (χ0) is 26.2. The quantitative estimate of drug-likeness (QED) is 0.228. The van der Waals surface area contributed by atoms with Crippen LogP contribution in [-0.2, 0) is 4.79 Å². The third-order valence-corrected chi connectivity index (χ3v) is 6.77. The van der Waals surface area contributed by atoms with Crippen molar-refractivity contribution in [3.05, 3.63) is 86.0 Å². The number of benzene rings is 3. The molecule has 1 amide bonds. The van der Waals surface area contributed by atoms with Gasteiger partial charge in [0, 0.05) is 10.9 Å². The van der Waals surface area contributed by atoms with Crippen LogP contribution in [-0.4, -0.2) is 35.1 Å². The SMILES string of the molecule is Cc1ccccc1N=c1scc(-c2ccc3c(c2)NC(=O)CO3)n1N=Cc1cc2c(cc1[N+](=O)[O-])OCO2. The van der Waals surface area contributed by atoms with Crippen molar-refractivity contribution in [2.75, 3.05) is 18.7 Å². The van der Waals surface area contributed by atoms with Crippen LogP contribution in [0.15, 0.2) is 70.1 Å². The van der Waals surface area contributed by atoms with E-state index in [1.54, 1.807) is 16.8 Å². The van der Waals surface area contributed by atoms with Crippen LogP contribution in [0.25, 0.3) is 11.3 Å². The normalized spacial score (nSPS) is 14.3. The fraction of sp³-hybridized carbons (Fsp3) is 0.115. The van der Waals surface area contributed by atoms with Gasteiger partial charge in [-0.25, -0.2) is 9.67 Å². The Balaban J connectivity index is 1.50. The zero-order valence-corrected chi connectivity index (χ0v) is 20.7. The maximum Gasteiger partial charge on any atom is 0.282 e. The van der Waals surface area contributed by atoms with Crippen molar-refractivity contribution in [3.8, 4) is 28.5 Å². The van der Waals surface area contributed by atoms with Gasteiger partial charge in [-0.15, -0.1) is 11.3 Å². The first-order valence-electron chi connectivity index (χ1n) is 11.5. The van der Waals surface area contributed by atoms with Gasteiger partial charge >= 0.3 is 0 Å². The fourth-order valence-electron chi connectivity index (χ4n) is 4.05. The lowest BCUT2D eigenvalue weighted by atomic mass is 10.1. The van der Waals surface area contributed by atoms with E-state index < -0.39 is 4.92 Å². The van der Waals surface area contributed by atoms with Crippen LogP contribution in [0.5, 0.6) is 17.2 Å². The second-order valence-electron chi connectivity index (χ2n) is 8.43. The Hall–Kier alpha value is -4.97. The van der Waals surface area contributed by atoms with Gasteiger partial charge < -0.3 is 19.5 Å². The molecule has 0 fully saturated rings. The van der Waals surface area contributed by atoms with E-state index in [9.17, 15) is 14.9 Å². The van der Waals surface area contributed by atoms with Gasteiger partial charge in [-0.3, -0.25) is 14.9 Å². The molecular formula is C26H19N5O6S. The number of nitro benzene ring substituents is 1. The molecule has 0 unspecified atom stereocenters. The molecule has 0 radical (unpaired) electrons. The predicted octanol–water partition coefficient (Wildman–Crippen LogP) is 4.61. The monoisotopic (exact) mass is 529 g/mol. The average Bonchev–Trinajstić information content (AvgIpc) is 3.54. The minimum atomic E-state index is -0.493. The van der Waals surface area contributed by atoms with Crippen LogP contribution in [0.4, 0.5) is 17.1 Å². The lowest BCUT2D eigenvalue weighted by Crippen LogP contribution is -2.25. The molecule has 190 valence electrons. The second-order valence-corrected chi connectivity index (χ2v) is 9.26. The molecule has 11 nitrogen and oxygen atoms in total. The molecular weight excluding hydrogens is 510 g/mol. The summed E-state index contributed by atoms with van der Waals surface area (Å²) in [6.45, 7) is 1.92. The minimum absolute atomic E-state index is 0.00541. The van der Waals surface area contributed by atoms with Crippen molar-refractivity contribution < 1.29 is 23.9 Å². The summed E-state index contributed by atoms with van der Waals surface area (Å²) >= 11 is 1.36. The first kappa shape index (κ1) is 23.4. The van der Waals surface area contributed by atoms with Crippen molar-refractivity contribution >= 4 is 40.5 Å². The molecule has 38 heavy (non-hydrogen) atoms. The van der Waals surface area contributed by atoms with Gasteiger partial charge in [0.15, 0.2) is 18.1 Å². The third kappa shape index (κ3) is 4.37. The molecule has 1 N–H and O–H groups in total. The number of hydrogen-bond acceptors (Lipinski definition) is 9. The Kier molecular flexibility index (Phi) is 5.85. The van der Waals surface area contributed by atoms with Crippen molar-refractivity contribution in [1.29, 1.82) is 0 Å². The number of nitro groups is 1. The Morgan fingerprint density at radius 1 is 1.08 bits per heavy atom. The minimum Gasteiger partial charge on any atom is -0.482 e. The number of aromatic nitrogens is 1. The molecule has 4 aromatic rings. The van der Waals surface area contributed by atoms with Crippen LogP contribution in [0.1, 0.15) is 11.1 Å². The number of carbonyl (C=O) groups is 1. The van der Waals surface area contributed by atoms with Crippen LogP contribution in [0, 0.1) is 17.0 Å². The Labute approximate surface area is 219 Å². The van der Waals surface area contributed by atoms with Crippen molar-refractivity contribution in [2.45, 2.75) is 6.92 Å². The highest BCUT2D eigenvalue weighted by Crippen LogP contribution is 2.37. The van der Waals surface area contributed by atoms with Crippen molar-refractivity contribution in [3.63, 3.8) is 0 Å². The summed E-state index contributed by atoms with van der Waals surface area (Å²) in [5.41, 5.74) is 3.80. The highest BCUT2D eigenvalue weighted by atomic mass is 32.1. The molecule has 2 aliphatic rings. The molecule has 6 rings (SSSR count). The van der Waals surface area contributed by atoms with Gasteiger partial charge in [-0.2, -0.15) is 5.10 Å². The smallest absolute Gasteiger partial charge is 0.282 e. The molecule has 0 aliphatic carbocycles. The maximum atomic E-state index is 11.9. The molecule has 3 heterocycles. The van der Waals surface area contributed by atoms with Gasteiger partial charge in [-0.1, -0.05) is 18.2 Å². The number of fused-ring (bicyclic) bond motifs is 2. The highest BCUT2D eigenvalue weighted by molar-refractivity contribution is 7.07. The number of thiazole rings is 1. The molecule has 2 aliphatic heterocycles. The summed E-state index contributed by atoms with van der Waals surface area (Å²) in [7, 11) is 0. The predicted molar refractivity (Wildman–Crippen MR) is 140 cm³/mol. The van der Waals surface area contributed by atoms with E-state index in [1.165, 1.54) is 29.7 Å². The van der Waals surface area contributed by atoms with E-state index in [-0.39, 0.29) is 30.6 Å². The van der Waals surface area contributed by atoms with Gasteiger partial charge in [0.25, 0.3) is 11.6 Å². The number of hydrogen-bond donors (Lipinski definition) is 1. The number of ether oxygens (including phenoxy) is 3. The van der Waals surface area contributed by atoms with Gasteiger partial charge in [-0.05, 0) is 42.8 Å². The first-order valence-corrected chi connectivity index (χ1v) is 12.3.